The molecule has 0 aliphatic heterocycles. The van der Waals surface area contributed by atoms with Crippen molar-refractivity contribution in [2.24, 2.45) is 5.92 Å². The van der Waals surface area contributed by atoms with Gasteiger partial charge in [0.05, 0.1) is 24.1 Å². The van der Waals surface area contributed by atoms with Gasteiger partial charge in [-0.05, 0) is 30.5 Å². The summed E-state index contributed by atoms with van der Waals surface area (Å²) < 4.78 is 6.30. The number of rotatable bonds is 5. The fraction of sp³-hybridized carbons (Fsp3) is 0.333. The number of aldehydes is 1. The summed E-state index contributed by atoms with van der Waals surface area (Å²) in [4.78, 5) is 22.7. The van der Waals surface area contributed by atoms with Crippen LogP contribution in [0.3, 0.4) is 0 Å². The molecule has 0 saturated carbocycles. The lowest BCUT2D eigenvalue weighted by atomic mass is 10.1. The Hall–Kier alpha value is -2.50. The Balaban J connectivity index is 2.49. The summed E-state index contributed by atoms with van der Waals surface area (Å²) in [6.07, 6.45) is 1.37. The van der Waals surface area contributed by atoms with E-state index in [1.54, 1.807) is 28.9 Å². The Morgan fingerprint density at radius 2 is 2.19 bits per heavy atom. The summed E-state index contributed by atoms with van der Waals surface area (Å²) in [6, 6.07) is 6.87. The van der Waals surface area contributed by atoms with Crippen LogP contribution < -0.4 is 0 Å². The van der Waals surface area contributed by atoms with Gasteiger partial charge >= 0.3 is 5.97 Å². The van der Waals surface area contributed by atoms with Crippen molar-refractivity contribution in [1.82, 2.24) is 15.0 Å². The quantitative estimate of drug-likeness (QED) is 0.621. The summed E-state index contributed by atoms with van der Waals surface area (Å²) in [6.45, 7) is 4.10. The van der Waals surface area contributed by atoms with Crippen LogP contribution in [0.15, 0.2) is 24.3 Å². The van der Waals surface area contributed by atoms with E-state index < -0.39 is 5.97 Å². The van der Waals surface area contributed by atoms with E-state index in [1.807, 2.05) is 0 Å². The number of methoxy groups -OCH3 is 1. The number of esters is 1. The first-order valence-corrected chi connectivity index (χ1v) is 6.65. The van der Waals surface area contributed by atoms with Crippen molar-refractivity contribution in [3.8, 4) is 5.69 Å². The highest BCUT2D eigenvalue weighted by Crippen LogP contribution is 2.17. The molecule has 0 aliphatic carbocycles. The van der Waals surface area contributed by atoms with Crippen molar-refractivity contribution in [2.75, 3.05) is 7.11 Å². The molecule has 0 unspecified atom stereocenters. The van der Waals surface area contributed by atoms with Gasteiger partial charge in [-0.1, -0.05) is 25.1 Å². The molecule has 0 saturated heterocycles. The second-order valence-corrected chi connectivity index (χ2v) is 5.09. The molecule has 0 N–H and O–H groups in total. The molecule has 1 aromatic carbocycles. The highest BCUT2D eigenvalue weighted by molar-refractivity contribution is 5.89. The third kappa shape index (κ3) is 3.16. The number of carbonyl (C=O) groups excluding carboxylic acids is 2. The molecule has 0 bridgehead atoms. The van der Waals surface area contributed by atoms with Gasteiger partial charge in [0.2, 0.25) is 0 Å². The molecule has 6 heteroatoms. The molecule has 0 atom stereocenters. The van der Waals surface area contributed by atoms with Crippen LogP contribution in [0, 0.1) is 5.92 Å². The molecular weight excluding hydrogens is 270 g/mol. The van der Waals surface area contributed by atoms with Gasteiger partial charge in [0.25, 0.3) is 0 Å². The zero-order valence-corrected chi connectivity index (χ0v) is 12.2. The molecule has 0 fully saturated rings. The van der Waals surface area contributed by atoms with Gasteiger partial charge in [-0.15, -0.1) is 5.10 Å². The van der Waals surface area contributed by atoms with Crippen LogP contribution in [0.1, 0.15) is 40.4 Å². The fourth-order valence-electron chi connectivity index (χ4n) is 2.07. The standard InChI is InChI=1S/C15H17N3O3/c1-10(2)7-14-13(9-19)16-17-18(14)12-6-4-5-11(8-12)15(20)21-3/h4-6,8-10H,7H2,1-3H3. The van der Waals surface area contributed by atoms with Crippen molar-refractivity contribution in [3.05, 3.63) is 41.2 Å². The SMILES string of the molecule is COC(=O)c1cccc(-n2nnc(C=O)c2CC(C)C)c1. The third-order valence-electron chi connectivity index (χ3n) is 3.02. The summed E-state index contributed by atoms with van der Waals surface area (Å²) in [7, 11) is 1.33. The van der Waals surface area contributed by atoms with Gasteiger partial charge in [-0.25, -0.2) is 9.48 Å². The molecule has 110 valence electrons. The third-order valence-corrected chi connectivity index (χ3v) is 3.02. The van der Waals surface area contributed by atoms with E-state index in [0.29, 0.717) is 35.6 Å². The predicted octanol–water partition coefficient (Wildman–Crippen LogP) is 2.06. The Bertz CT molecular complexity index is 662. The number of nitrogens with zero attached hydrogens (tertiary/aromatic N) is 3. The van der Waals surface area contributed by atoms with Crippen LogP contribution in [-0.4, -0.2) is 34.4 Å². The number of hydrogen-bond acceptors (Lipinski definition) is 5. The van der Waals surface area contributed by atoms with Crippen LogP contribution in [0.25, 0.3) is 5.69 Å². The molecule has 2 aromatic rings. The van der Waals surface area contributed by atoms with Crippen molar-refractivity contribution in [1.29, 1.82) is 0 Å². The summed E-state index contributed by atoms with van der Waals surface area (Å²) in [5.41, 5.74) is 2.16. The topological polar surface area (TPSA) is 74.1 Å². The van der Waals surface area contributed by atoms with Gasteiger partial charge in [0, 0.05) is 0 Å². The second kappa shape index (κ2) is 6.30. The Kier molecular flexibility index (Phi) is 4.47. The average molecular weight is 287 g/mol. The van der Waals surface area contributed by atoms with Crippen molar-refractivity contribution in [3.63, 3.8) is 0 Å². The van der Waals surface area contributed by atoms with E-state index in [1.165, 1.54) is 7.11 Å². The number of carbonyl (C=O) groups is 2. The van der Waals surface area contributed by atoms with Crippen LogP contribution >= 0.6 is 0 Å². The van der Waals surface area contributed by atoms with E-state index in [0.717, 1.165) is 5.69 Å². The Labute approximate surface area is 122 Å². The van der Waals surface area contributed by atoms with E-state index in [9.17, 15) is 9.59 Å². The van der Waals surface area contributed by atoms with Gasteiger partial charge in [-0.2, -0.15) is 0 Å². The lowest BCUT2D eigenvalue weighted by molar-refractivity contribution is 0.0600. The second-order valence-electron chi connectivity index (χ2n) is 5.09. The number of ether oxygens (including phenoxy) is 1. The summed E-state index contributed by atoms with van der Waals surface area (Å²) >= 11 is 0. The maximum absolute atomic E-state index is 11.6. The number of aromatic nitrogens is 3. The first-order chi connectivity index (χ1) is 10.1. The lowest BCUT2D eigenvalue weighted by Gasteiger charge is -2.09. The minimum atomic E-state index is -0.419. The highest BCUT2D eigenvalue weighted by Gasteiger charge is 2.16. The largest absolute Gasteiger partial charge is 0.465 e. The minimum Gasteiger partial charge on any atom is -0.465 e. The first kappa shape index (κ1) is 14.9. The highest BCUT2D eigenvalue weighted by atomic mass is 16.5. The van der Waals surface area contributed by atoms with Gasteiger partial charge in [0.1, 0.15) is 5.69 Å². The maximum Gasteiger partial charge on any atom is 0.337 e. The number of hydrogen-bond donors (Lipinski definition) is 0. The summed E-state index contributed by atoms with van der Waals surface area (Å²) in [5.74, 6) is -0.0669. The average Bonchev–Trinajstić information content (AvgIpc) is 2.88. The van der Waals surface area contributed by atoms with Crippen molar-refractivity contribution in [2.45, 2.75) is 20.3 Å². The Morgan fingerprint density at radius 3 is 2.81 bits per heavy atom. The monoisotopic (exact) mass is 287 g/mol. The fourth-order valence-corrected chi connectivity index (χ4v) is 2.07. The molecule has 0 aliphatic rings. The molecule has 1 aromatic heterocycles. The Morgan fingerprint density at radius 1 is 1.43 bits per heavy atom. The minimum absolute atomic E-state index is 0.326. The van der Waals surface area contributed by atoms with Crippen LogP contribution in [0.2, 0.25) is 0 Å². The number of benzene rings is 1. The molecule has 21 heavy (non-hydrogen) atoms. The van der Waals surface area contributed by atoms with Gasteiger partial charge in [0.15, 0.2) is 6.29 Å². The van der Waals surface area contributed by atoms with Crippen LogP contribution in [0.5, 0.6) is 0 Å². The predicted molar refractivity (Wildman–Crippen MR) is 76.6 cm³/mol. The molecule has 0 amide bonds. The van der Waals surface area contributed by atoms with Gasteiger partial charge < -0.3 is 4.74 Å². The molecule has 0 radical (unpaired) electrons. The van der Waals surface area contributed by atoms with Gasteiger partial charge in [-0.3, -0.25) is 4.79 Å². The molecular formula is C15H17N3O3. The van der Waals surface area contributed by atoms with Crippen molar-refractivity contribution < 1.29 is 14.3 Å². The van der Waals surface area contributed by atoms with E-state index in [-0.39, 0.29) is 0 Å². The smallest absolute Gasteiger partial charge is 0.337 e. The zero-order valence-electron chi connectivity index (χ0n) is 12.2. The molecule has 6 nitrogen and oxygen atoms in total. The summed E-state index contributed by atoms with van der Waals surface area (Å²) in [5, 5.41) is 7.91. The molecule has 0 spiro atoms. The van der Waals surface area contributed by atoms with Crippen LogP contribution in [-0.2, 0) is 11.2 Å². The zero-order chi connectivity index (χ0) is 15.4. The van der Waals surface area contributed by atoms with Crippen molar-refractivity contribution >= 4 is 12.3 Å². The molecule has 1 heterocycles. The first-order valence-electron chi connectivity index (χ1n) is 6.65. The lowest BCUT2D eigenvalue weighted by Crippen LogP contribution is -2.08. The van der Waals surface area contributed by atoms with E-state index in [2.05, 4.69) is 24.2 Å². The normalized spacial score (nSPS) is 10.7. The molecule has 2 rings (SSSR count). The van der Waals surface area contributed by atoms with E-state index >= 15 is 0 Å². The van der Waals surface area contributed by atoms with Crippen LogP contribution in [0.4, 0.5) is 0 Å². The van der Waals surface area contributed by atoms with E-state index in [4.69, 9.17) is 4.74 Å². The maximum atomic E-state index is 11.6.